The Labute approximate surface area is 113 Å². The monoisotopic (exact) mass is 277 g/mol. The number of methoxy groups -OCH3 is 1. The van der Waals surface area contributed by atoms with Gasteiger partial charge in [0, 0.05) is 6.07 Å². The molecule has 1 heterocycles. The number of benzene rings is 1. The average Bonchev–Trinajstić information content (AvgIpc) is 2.44. The number of hydrogen-bond donors (Lipinski definition) is 1. The smallest absolute Gasteiger partial charge is 0.273 e. The molecule has 0 spiro atoms. The maximum atomic E-state index is 11.3. The Hall–Kier alpha value is -2.52. The molecule has 0 bridgehead atoms. The fraction of sp³-hybridized carbons (Fsp3) is 0.0833. The molecule has 1 aromatic carbocycles. The van der Waals surface area contributed by atoms with Crippen LogP contribution >= 0.6 is 11.6 Å². The largest absolute Gasteiger partial charge is 0.493 e. The van der Waals surface area contributed by atoms with Gasteiger partial charge >= 0.3 is 0 Å². The molecule has 2 rings (SSSR count). The van der Waals surface area contributed by atoms with Crippen molar-refractivity contribution in [3.63, 3.8) is 0 Å². The highest BCUT2D eigenvalue weighted by Gasteiger charge is 2.12. The van der Waals surface area contributed by atoms with Crippen LogP contribution in [0.3, 0.4) is 0 Å². The van der Waals surface area contributed by atoms with E-state index in [1.807, 2.05) is 6.07 Å². The molecule has 1 N–H and O–H groups in total. The number of hydrogen-bond acceptors (Lipinski definition) is 5. The molecule has 2 aromatic rings. The fourth-order valence-corrected chi connectivity index (χ4v) is 1.51. The average molecular weight is 278 g/mol. The Morgan fingerprint density at radius 3 is 2.89 bits per heavy atom. The summed E-state index contributed by atoms with van der Waals surface area (Å²) in [5, 5.41) is 8.63. The molecule has 0 radical (unpaired) electrons. The molecule has 0 amide bonds. The van der Waals surface area contributed by atoms with E-state index in [-0.39, 0.29) is 10.9 Å². The first-order chi connectivity index (χ1) is 9.15. The predicted octanol–water partition coefficient (Wildman–Crippen LogP) is 2.10. The molecule has 0 aliphatic carbocycles. The first kappa shape index (κ1) is 12.9. The van der Waals surface area contributed by atoms with Crippen molar-refractivity contribution in [1.82, 2.24) is 9.97 Å². The van der Waals surface area contributed by atoms with Crippen LogP contribution in [-0.4, -0.2) is 17.1 Å². The van der Waals surface area contributed by atoms with Crippen LogP contribution in [0.5, 0.6) is 17.4 Å². The van der Waals surface area contributed by atoms with E-state index in [4.69, 9.17) is 26.3 Å². The molecule has 19 heavy (non-hydrogen) atoms. The Morgan fingerprint density at radius 2 is 2.21 bits per heavy atom. The van der Waals surface area contributed by atoms with Gasteiger partial charge in [-0.25, -0.2) is 4.98 Å². The maximum Gasteiger partial charge on any atom is 0.273 e. The molecule has 0 aliphatic rings. The molecule has 1 aromatic heterocycles. The fourth-order valence-electron chi connectivity index (χ4n) is 1.36. The number of nitrogens with one attached hydrogen (secondary N) is 1. The molecule has 96 valence electrons. The molecule has 0 saturated carbocycles. The number of ether oxygens (including phenoxy) is 2. The van der Waals surface area contributed by atoms with E-state index in [1.165, 1.54) is 25.6 Å². The Morgan fingerprint density at radius 1 is 1.42 bits per heavy atom. The standard InChI is InChI=1S/C12H8ClN3O3/c1-18-9-4-7(5-14)2-3-8(9)19-12-10(13)11(17)15-6-16-12/h2-4,6H,1H3,(H,15,16,17). The van der Waals surface area contributed by atoms with Crippen molar-refractivity contribution < 1.29 is 9.47 Å². The van der Waals surface area contributed by atoms with Gasteiger partial charge in [0.25, 0.3) is 5.56 Å². The second-order valence-electron chi connectivity index (χ2n) is 3.43. The van der Waals surface area contributed by atoms with E-state index in [9.17, 15) is 4.79 Å². The zero-order chi connectivity index (χ0) is 13.8. The summed E-state index contributed by atoms with van der Waals surface area (Å²) in [6.45, 7) is 0. The van der Waals surface area contributed by atoms with Crippen molar-refractivity contribution in [2.45, 2.75) is 0 Å². The maximum absolute atomic E-state index is 11.3. The first-order valence-electron chi connectivity index (χ1n) is 5.15. The number of rotatable bonds is 3. The number of H-pyrrole nitrogens is 1. The minimum absolute atomic E-state index is 0.0339. The van der Waals surface area contributed by atoms with Crippen LogP contribution in [0.4, 0.5) is 0 Å². The van der Waals surface area contributed by atoms with Crippen molar-refractivity contribution in [3.05, 3.63) is 45.5 Å². The summed E-state index contributed by atoms with van der Waals surface area (Å²) >= 11 is 5.77. The summed E-state index contributed by atoms with van der Waals surface area (Å²) in [7, 11) is 1.44. The van der Waals surface area contributed by atoms with Crippen LogP contribution in [0.25, 0.3) is 0 Å². The molecular formula is C12H8ClN3O3. The summed E-state index contributed by atoms with van der Waals surface area (Å²) in [5.74, 6) is 0.618. The molecule has 0 atom stereocenters. The van der Waals surface area contributed by atoms with Crippen LogP contribution in [-0.2, 0) is 0 Å². The molecule has 0 unspecified atom stereocenters. The number of nitrogens with zero attached hydrogens (tertiary/aromatic N) is 2. The zero-order valence-corrected chi connectivity index (χ0v) is 10.6. The van der Waals surface area contributed by atoms with Gasteiger partial charge < -0.3 is 14.5 Å². The highest BCUT2D eigenvalue weighted by Crippen LogP contribution is 2.32. The normalized spacial score (nSPS) is 9.74. The minimum Gasteiger partial charge on any atom is -0.493 e. The topological polar surface area (TPSA) is 88.0 Å². The van der Waals surface area contributed by atoms with E-state index in [0.29, 0.717) is 17.1 Å². The number of aromatic nitrogens is 2. The molecule has 0 fully saturated rings. The number of nitriles is 1. The van der Waals surface area contributed by atoms with Gasteiger partial charge in [-0.15, -0.1) is 0 Å². The van der Waals surface area contributed by atoms with Gasteiger partial charge in [0.05, 0.1) is 25.1 Å². The van der Waals surface area contributed by atoms with Crippen LogP contribution < -0.4 is 15.0 Å². The van der Waals surface area contributed by atoms with Crippen LogP contribution in [0.1, 0.15) is 5.56 Å². The van der Waals surface area contributed by atoms with Crippen molar-refractivity contribution in [2.24, 2.45) is 0 Å². The molecular weight excluding hydrogens is 270 g/mol. The lowest BCUT2D eigenvalue weighted by Gasteiger charge is -2.09. The summed E-state index contributed by atoms with van der Waals surface area (Å²) in [5.41, 5.74) is -0.0755. The van der Waals surface area contributed by atoms with E-state index >= 15 is 0 Å². The number of aromatic amines is 1. The van der Waals surface area contributed by atoms with Gasteiger partial charge in [-0.2, -0.15) is 5.26 Å². The second kappa shape index (κ2) is 5.42. The van der Waals surface area contributed by atoms with E-state index < -0.39 is 5.56 Å². The molecule has 6 nitrogen and oxygen atoms in total. The Bertz CT molecular complexity index is 706. The SMILES string of the molecule is COc1cc(C#N)ccc1Oc1nc[nH]c(=O)c1Cl. The summed E-state index contributed by atoms with van der Waals surface area (Å²) in [4.78, 5) is 17.4. The highest BCUT2D eigenvalue weighted by atomic mass is 35.5. The molecule has 0 aliphatic heterocycles. The number of halogens is 1. The third-order valence-corrected chi connectivity index (χ3v) is 2.60. The Kier molecular flexibility index (Phi) is 3.68. The lowest BCUT2D eigenvalue weighted by atomic mass is 10.2. The van der Waals surface area contributed by atoms with Gasteiger partial charge in [-0.3, -0.25) is 4.79 Å². The van der Waals surface area contributed by atoms with Crippen LogP contribution in [0, 0.1) is 11.3 Å². The van der Waals surface area contributed by atoms with Crippen molar-refractivity contribution in [1.29, 1.82) is 5.26 Å². The van der Waals surface area contributed by atoms with Crippen LogP contribution in [0.15, 0.2) is 29.3 Å². The second-order valence-corrected chi connectivity index (χ2v) is 3.81. The first-order valence-corrected chi connectivity index (χ1v) is 5.52. The summed E-state index contributed by atoms with van der Waals surface area (Å²) in [6.07, 6.45) is 1.18. The van der Waals surface area contributed by atoms with Crippen molar-refractivity contribution >= 4 is 11.6 Å². The summed E-state index contributed by atoms with van der Waals surface area (Å²) in [6, 6.07) is 6.58. The van der Waals surface area contributed by atoms with Gasteiger partial charge in [0.1, 0.15) is 0 Å². The van der Waals surface area contributed by atoms with E-state index in [2.05, 4.69) is 9.97 Å². The summed E-state index contributed by atoms with van der Waals surface area (Å²) < 4.78 is 10.5. The molecule has 0 saturated heterocycles. The third-order valence-electron chi connectivity index (χ3n) is 2.26. The third kappa shape index (κ3) is 2.67. The zero-order valence-electron chi connectivity index (χ0n) is 9.81. The van der Waals surface area contributed by atoms with Gasteiger partial charge in [0.2, 0.25) is 5.88 Å². The van der Waals surface area contributed by atoms with Gasteiger partial charge in [-0.05, 0) is 12.1 Å². The minimum atomic E-state index is -0.501. The van der Waals surface area contributed by atoms with Crippen LogP contribution in [0.2, 0.25) is 5.02 Å². The van der Waals surface area contributed by atoms with E-state index in [1.54, 1.807) is 6.07 Å². The quantitative estimate of drug-likeness (QED) is 0.928. The van der Waals surface area contributed by atoms with E-state index in [0.717, 1.165) is 0 Å². The van der Waals surface area contributed by atoms with Crippen molar-refractivity contribution in [3.8, 4) is 23.4 Å². The Balaban J connectivity index is 2.41. The van der Waals surface area contributed by atoms with Gasteiger partial charge in [-0.1, -0.05) is 11.6 Å². The van der Waals surface area contributed by atoms with Crippen molar-refractivity contribution in [2.75, 3.05) is 7.11 Å². The molecule has 7 heteroatoms. The lowest BCUT2D eigenvalue weighted by molar-refractivity contribution is 0.373. The predicted molar refractivity (Wildman–Crippen MR) is 67.7 cm³/mol. The highest BCUT2D eigenvalue weighted by molar-refractivity contribution is 6.31. The lowest BCUT2D eigenvalue weighted by Crippen LogP contribution is -2.08. The van der Waals surface area contributed by atoms with Gasteiger partial charge in [0.15, 0.2) is 16.5 Å².